The standard InChI is InChI=1S/C32H53NO2/c1-26(2)14-10-16-28(5)18-12-20-30(7)22-24-33(35-32(9)34)25-23-31(8)21-13-19-29(6)17-11-15-27(3)4/h14-15,18-19,22-23H,10-13,16-17,20-21,24-25H2,1-9H3. The number of hydrogen-bond donors (Lipinski definition) is 0. The molecular weight excluding hydrogens is 430 g/mol. The molecule has 0 saturated carbocycles. The van der Waals surface area contributed by atoms with Crippen molar-refractivity contribution in [2.24, 2.45) is 0 Å². The van der Waals surface area contributed by atoms with E-state index in [0.717, 1.165) is 51.4 Å². The molecule has 0 atom stereocenters. The lowest BCUT2D eigenvalue weighted by Gasteiger charge is -2.18. The van der Waals surface area contributed by atoms with Crippen LogP contribution in [0.15, 0.2) is 69.9 Å². The third kappa shape index (κ3) is 22.1. The van der Waals surface area contributed by atoms with E-state index in [9.17, 15) is 4.79 Å². The Labute approximate surface area is 217 Å². The van der Waals surface area contributed by atoms with Gasteiger partial charge in [-0.2, -0.15) is 0 Å². The molecule has 0 rings (SSSR count). The fraction of sp³-hybridized carbons (Fsp3) is 0.594. The second-order valence-electron chi connectivity index (χ2n) is 10.3. The molecule has 0 radical (unpaired) electrons. The van der Waals surface area contributed by atoms with Crippen LogP contribution in [0.4, 0.5) is 0 Å². The summed E-state index contributed by atoms with van der Waals surface area (Å²) in [5.41, 5.74) is 8.33. The minimum atomic E-state index is -0.271. The molecule has 0 spiro atoms. The molecule has 3 nitrogen and oxygen atoms in total. The first-order chi connectivity index (χ1) is 16.5. The van der Waals surface area contributed by atoms with Crippen LogP contribution in [-0.2, 0) is 9.63 Å². The van der Waals surface area contributed by atoms with Crippen molar-refractivity contribution < 1.29 is 9.63 Å². The summed E-state index contributed by atoms with van der Waals surface area (Å²) in [5, 5.41) is 1.75. The Morgan fingerprint density at radius 2 is 0.829 bits per heavy atom. The number of hydrogen-bond acceptors (Lipinski definition) is 3. The van der Waals surface area contributed by atoms with Gasteiger partial charge >= 0.3 is 5.97 Å². The molecular formula is C32H53NO2. The second kappa shape index (κ2) is 20.1. The summed E-state index contributed by atoms with van der Waals surface area (Å²) in [6.07, 6.45) is 22.3. The average molecular weight is 484 g/mol. The molecule has 0 saturated heterocycles. The zero-order valence-electron chi connectivity index (χ0n) is 24.3. The summed E-state index contributed by atoms with van der Waals surface area (Å²) in [4.78, 5) is 17.0. The topological polar surface area (TPSA) is 29.5 Å². The zero-order valence-corrected chi connectivity index (χ0v) is 24.3. The summed E-state index contributed by atoms with van der Waals surface area (Å²) in [7, 11) is 0. The molecule has 0 aliphatic carbocycles. The van der Waals surface area contributed by atoms with Crippen molar-refractivity contribution in [2.45, 2.75) is 114 Å². The van der Waals surface area contributed by atoms with E-state index < -0.39 is 0 Å². The predicted octanol–water partition coefficient (Wildman–Crippen LogP) is 9.60. The number of allylic oxidation sites excluding steroid dienone is 10. The van der Waals surface area contributed by atoms with E-state index in [4.69, 9.17) is 4.84 Å². The molecule has 198 valence electrons. The van der Waals surface area contributed by atoms with Crippen LogP contribution in [0.5, 0.6) is 0 Å². The quantitative estimate of drug-likeness (QED) is 0.152. The van der Waals surface area contributed by atoms with Gasteiger partial charge in [-0.05, 0) is 107 Å². The zero-order chi connectivity index (χ0) is 26.6. The fourth-order valence-corrected chi connectivity index (χ4v) is 3.52. The number of carbonyl (C=O) groups is 1. The van der Waals surface area contributed by atoms with E-state index in [-0.39, 0.29) is 5.97 Å². The Bertz CT molecular complexity index is 737. The van der Waals surface area contributed by atoms with Gasteiger partial charge < -0.3 is 4.84 Å². The van der Waals surface area contributed by atoms with Gasteiger partial charge in [-0.3, -0.25) is 4.79 Å². The maximum atomic E-state index is 11.6. The molecule has 0 aliphatic heterocycles. The van der Waals surface area contributed by atoms with Crippen LogP contribution in [0.3, 0.4) is 0 Å². The van der Waals surface area contributed by atoms with Crippen molar-refractivity contribution in [3.05, 3.63) is 69.9 Å². The van der Waals surface area contributed by atoms with Gasteiger partial charge in [0.15, 0.2) is 0 Å². The number of nitrogens with zero attached hydrogens (tertiary/aromatic N) is 1. The van der Waals surface area contributed by atoms with Gasteiger partial charge in [0.05, 0.1) is 13.1 Å². The van der Waals surface area contributed by atoms with Crippen LogP contribution in [-0.4, -0.2) is 24.1 Å². The lowest BCUT2D eigenvalue weighted by atomic mass is 10.1. The van der Waals surface area contributed by atoms with Crippen LogP contribution in [0.2, 0.25) is 0 Å². The van der Waals surface area contributed by atoms with E-state index in [0.29, 0.717) is 13.1 Å². The lowest BCUT2D eigenvalue weighted by molar-refractivity contribution is -0.182. The molecule has 35 heavy (non-hydrogen) atoms. The number of carbonyl (C=O) groups excluding carboxylic acids is 1. The molecule has 0 heterocycles. The minimum absolute atomic E-state index is 0.271. The average Bonchev–Trinajstić information content (AvgIpc) is 2.74. The van der Waals surface area contributed by atoms with Gasteiger partial charge in [0.2, 0.25) is 0 Å². The molecule has 0 aromatic carbocycles. The Kier molecular flexibility index (Phi) is 18.9. The number of rotatable bonds is 17. The van der Waals surface area contributed by atoms with Crippen LogP contribution < -0.4 is 0 Å². The molecule has 0 unspecified atom stereocenters. The molecule has 0 fully saturated rings. The molecule has 0 amide bonds. The Morgan fingerprint density at radius 3 is 1.14 bits per heavy atom. The SMILES string of the molecule is CC(=O)ON(CC=C(C)CCC=C(C)CCC=C(C)C)CC=C(C)CCC=C(C)CCC=C(C)C. The van der Waals surface area contributed by atoms with Crippen molar-refractivity contribution in [3.63, 3.8) is 0 Å². The highest BCUT2D eigenvalue weighted by molar-refractivity contribution is 5.65. The third-order valence-corrected chi connectivity index (χ3v) is 5.79. The van der Waals surface area contributed by atoms with E-state index >= 15 is 0 Å². The summed E-state index contributed by atoms with van der Waals surface area (Å²) in [5.74, 6) is -0.271. The van der Waals surface area contributed by atoms with E-state index in [1.54, 1.807) is 5.06 Å². The van der Waals surface area contributed by atoms with Crippen LogP contribution >= 0.6 is 0 Å². The minimum Gasteiger partial charge on any atom is -0.368 e. The molecule has 0 aromatic heterocycles. The molecule has 0 aliphatic rings. The van der Waals surface area contributed by atoms with Crippen molar-refractivity contribution >= 4 is 5.97 Å². The van der Waals surface area contributed by atoms with Gasteiger partial charge in [0, 0.05) is 6.92 Å². The van der Waals surface area contributed by atoms with Crippen molar-refractivity contribution in [1.29, 1.82) is 0 Å². The highest BCUT2D eigenvalue weighted by Crippen LogP contribution is 2.13. The predicted molar refractivity (Wildman–Crippen MR) is 154 cm³/mol. The maximum absolute atomic E-state index is 11.6. The highest BCUT2D eigenvalue weighted by Gasteiger charge is 2.06. The first-order valence-corrected chi connectivity index (χ1v) is 13.3. The Hall–Kier alpha value is -2.13. The maximum Gasteiger partial charge on any atom is 0.322 e. The summed E-state index contributed by atoms with van der Waals surface area (Å²) in [6.45, 7) is 20.0. The third-order valence-electron chi connectivity index (χ3n) is 5.79. The molecule has 0 aromatic rings. The second-order valence-corrected chi connectivity index (χ2v) is 10.3. The van der Waals surface area contributed by atoms with Gasteiger partial charge in [0.25, 0.3) is 0 Å². The summed E-state index contributed by atoms with van der Waals surface area (Å²) < 4.78 is 0. The van der Waals surface area contributed by atoms with E-state index in [1.165, 1.54) is 40.4 Å². The normalized spacial score (nSPS) is 13.2. The highest BCUT2D eigenvalue weighted by atomic mass is 16.7. The molecule has 0 N–H and O–H groups in total. The molecule has 3 heteroatoms. The van der Waals surface area contributed by atoms with Crippen molar-refractivity contribution in [3.8, 4) is 0 Å². The van der Waals surface area contributed by atoms with Crippen LogP contribution in [0.25, 0.3) is 0 Å². The molecule has 0 bridgehead atoms. The van der Waals surface area contributed by atoms with Gasteiger partial charge in [-0.25, -0.2) is 0 Å². The van der Waals surface area contributed by atoms with E-state index in [2.05, 4.69) is 91.8 Å². The first kappa shape index (κ1) is 32.9. The monoisotopic (exact) mass is 483 g/mol. The summed E-state index contributed by atoms with van der Waals surface area (Å²) >= 11 is 0. The summed E-state index contributed by atoms with van der Waals surface area (Å²) in [6, 6.07) is 0. The van der Waals surface area contributed by atoms with Gasteiger partial charge in [-0.15, -0.1) is 5.06 Å². The number of hydroxylamine groups is 2. The Balaban J connectivity index is 4.61. The lowest BCUT2D eigenvalue weighted by Crippen LogP contribution is -2.27. The van der Waals surface area contributed by atoms with Gasteiger partial charge in [0.1, 0.15) is 0 Å². The first-order valence-electron chi connectivity index (χ1n) is 13.3. The Morgan fingerprint density at radius 1 is 0.514 bits per heavy atom. The van der Waals surface area contributed by atoms with Crippen molar-refractivity contribution in [2.75, 3.05) is 13.1 Å². The smallest absolute Gasteiger partial charge is 0.322 e. The largest absolute Gasteiger partial charge is 0.368 e. The van der Waals surface area contributed by atoms with Crippen molar-refractivity contribution in [1.82, 2.24) is 5.06 Å². The van der Waals surface area contributed by atoms with Crippen LogP contribution in [0, 0.1) is 0 Å². The van der Waals surface area contributed by atoms with E-state index in [1.807, 2.05) is 0 Å². The van der Waals surface area contributed by atoms with Gasteiger partial charge in [-0.1, -0.05) is 69.9 Å². The van der Waals surface area contributed by atoms with Crippen LogP contribution in [0.1, 0.15) is 114 Å². The fourth-order valence-electron chi connectivity index (χ4n) is 3.52.